The molecule has 0 bridgehead atoms. The van der Waals surface area contributed by atoms with Gasteiger partial charge in [0, 0.05) is 22.9 Å². The van der Waals surface area contributed by atoms with Crippen molar-refractivity contribution in [2.45, 2.75) is 6.92 Å². The molecular weight excluding hydrogens is 324 g/mol. The number of halogens is 1. The second-order valence-electron chi connectivity index (χ2n) is 4.22. The summed E-state index contributed by atoms with van der Waals surface area (Å²) in [6.07, 6.45) is 1.30. The number of anilines is 1. The Kier molecular flexibility index (Phi) is 4.86. The Morgan fingerprint density at radius 2 is 2.20 bits per heavy atom. The average molecular weight is 339 g/mol. The van der Waals surface area contributed by atoms with Crippen LogP contribution in [0.5, 0.6) is 0 Å². The van der Waals surface area contributed by atoms with Crippen molar-refractivity contribution in [2.75, 3.05) is 25.0 Å². The van der Waals surface area contributed by atoms with Crippen LogP contribution in [0.15, 0.2) is 28.9 Å². The molecule has 2 N–H and O–H groups in total. The van der Waals surface area contributed by atoms with Crippen LogP contribution >= 0.6 is 15.9 Å². The van der Waals surface area contributed by atoms with Crippen molar-refractivity contribution in [1.82, 2.24) is 10.3 Å². The van der Waals surface area contributed by atoms with E-state index in [4.69, 9.17) is 0 Å². The van der Waals surface area contributed by atoms with Crippen LogP contribution in [-0.2, 0) is 0 Å². The normalized spacial score (nSPS) is 10.7. The SMILES string of the molecule is CCNCCNc1c([N+](=O)[O-])cnc2ccc(Br)cc12. The lowest BCUT2D eigenvalue weighted by molar-refractivity contribution is -0.384. The van der Waals surface area contributed by atoms with Gasteiger partial charge in [0.2, 0.25) is 0 Å². The van der Waals surface area contributed by atoms with Crippen LogP contribution in [0.4, 0.5) is 11.4 Å². The van der Waals surface area contributed by atoms with Crippen LogP contribution in [0.2, 0.25) is 0 Å². The van der Waals surface area contributed by atoms with Crippen molar-refractivity contribution in [2.24, 2.45) is 0 Å². The minimum absolute atomic E-state index is 0.00732. The van der Waals surface area contributed by atoms with Gasteiger partial charge in [0.25, 0.3) is 0 Å². The van der Waals surface area contributed by atoms with E-state index in [9.17, 15) is 10.1 Å². The summed E-state index contributed by atoms with van der Waals surface area (Å²) in [4.78, 5) is 14.9. The Bertz CT molecular complexity index is 633. The van der Waals surface area contributed by atoms with E-state index in [0.717, 1.165) is 28.5 Å². The highest BCUT2D eigenvalue weighted by Gasteiger charge is 2.17. The van der Waals surface area contributed by atoms with Crippen molar-refractivity contribution in [3.8, 4) is 0 Å². The zero-order chi connectivity index (χ0) is 14.5. The van der Waals surface area contributed by atoms with E-state index in [0.29, 0.717) is 12.2 Å². The summed E-state index contributed by atoms with van der Waals surface area (Å²) in [5, 5.41) is 18.2. The van der Waals surface area contributed by atoms with Gasteiger partial charge < -0.3 is 10.6 Å². The number of nitrogens with zero attached hydrogens (tertiary/aromatic N) is 2. The van der Waals surface area contributed by atoms with Crippen LogP contribution in [-0.4, -0.2) is 29.5 Å². The van der Waals surface area contributed by atoms with E-state index in [2.05, 4.69) is 31.5 Å². The molecular formula is C13H15BrN4O2. The number of aromatic nitrogens is 1. The molecule has 2 rings (SSSR count). The number of hydrogen-bond acceptors (Lipinski definition) is 5. The van der Waals surface area contributed by atoms with E-state index in [1.54, 1.807) is 0 Å². The van der Waals surface area contributed by atoms with Gasteiger partial charge in [-0.3, -0.25) is 10.1 Å². The number of fused-ring (bicyclic) bond motifs is 1. The van der Waals surface area contributed by atoms with Crippen molar-refractivity contribution in [3.05, 3.63) is 39.0 Å². The fourth-order valence-corrected chi connectivity index (χ4v) is 2.29. The van der Waals surface area contributed by atoms with E-state index < -0.39 is 4.92 Å². The van der Waals surface area contributed by atoms with Crippen molar-refractivity contribution >= 4 is 38.2 Å². The van der Waals surface area contributed by atoms with Crippen LogP contribution in [0.25, 0.3) is 10.9 Å². The molecule has 0 saturated heterocycles. The first-order valence-corrected chi connectivity index (χ1v) is 7.10. The molecule has 0 aliphatic rings. The predicted octanol–water partition coefficient (Wildman–Crippen LogP) is 2.93. The highest BCUT2D eigenvalue weighted by atomic mass is 79.9. The number of benzene rings is 1. The molecule has 106 valence electrons. The minimum Gasteiger partial charge on any atom is -0.378 e. The molecule has 7 heteroatoms. The van der Waals surface area contributed by atoms with Crippen molar-refractivity contribution < 1.29 is 4.92 Å². The highest BCUT2D eigenvalue weighted by Crippen LogP contribution is 2.32. The number of pyridine rings is 1. The van der Waals surface area contributed by atoms with Gasteiger partial charge in [-0.25, -0.2) is 4.98 Å². The summed E-state index contributed by atoms with van der Waals surface area (Å²) in [6.45, 7) is 4.24. The molecule has 2 aromatic rings. The zero-order valence-corrected chi connectivity index (χ0v) is 12.6. The van der Waals surface area contributed by atoms with E-state index in [1.165, 1.54) is 6.20 Å². The number of likely N-dealkylation sites (N-methyl/N-ethyl adjacent to an activating group) is 1. The first-order valence-electron chi connectivity index (χ1n) is 6.30. The maximum atomic E-state index is 11.1. The van der Waals surface area contributed by atoms with Crippen LogP contribution in [0.3, 0.4) is 0 Å². The lowest BCUT2D eigenvalue weighted by atomic mass is 10.1. The van der Waals surface area contributed by atoms with Crippen LogP contribution < -0.4 is 10.6 Å². The van der Waals surface area contributed by atoms with E-state index in [1.807, 2.05) is 25.1 Å². The lowest BCUT2D eigenvalue weighted by Gasteiger charge is -2.10. The van der Waals surface area contributed by atoms with Gasteiger partial charge in [-0.05, 0) is 24.7 Å². The Hall–Kier alpha value is -1.73. The summed E-state index contributed by atoms with van der Waals surface area (Å²) in [7, 11) is 0. The highest BCUT2D eigenvalue weighted by molar-refractivity contribution is 9.10. The Balaban J connectivity index is 2.42. The quantitative estimate of drug-likeness (QED) is 0.481. The Labute approximate surface area is 124 Å². The third-order valence-corrected chi connectivity index (χ3v) is 3.35. The molecule has 0 aliphatic carbocycles. The third-order valence-electron chi connectivity index (χ3n) is 2.86. The number of nitro groups is 1. The van der Waals surface area contributed by atoms with Gasteiger partial charge >= 0.3 is 5.69 Å². The molecule has 0 spiro atoms. The first kappa shape index (κ1) is 14.7. The van der Waals surface area contributed by atoms with Gasteiger partial charge in [-0.1, -0.05) is 22.9 Å². The largest absolute Gasteiger partial charge is 0.378 e. The summed E-state index contributed by atoms with van der Waals surface area (Å²) < 4.78 is 0.863. The summed E-state index contributed by atoms with van der Waals surface area (Å²) in [5.41, 5.74) is 1.23. The van der Waals surface area contributed by atoms with Gasteiger partial charge in [0.15, 0.2) is 0 Å². The molecule has 1 aromatic heterocycles. The fraction of sp³-hybridized carbons (Fsp3) is 0.308. The number of hydrogen-bond donors (Lipinski definition) is 2. The number of nitrogens with one attached hydrogen (secondary N) is 2. The molecule has 0 amide bonds. The Morgan fingerprint density at radius 3 is 2.90 bits per heavy atom. The maximum Gasteiger partial charge on any atom is 0.311 e. The fourth-order valence-electron chi connectivity index (χ4n) is 1.93. The lowest BCUT2D eigenvalue weighted by Crippen LogP contribution is -2.22. The number of rotatable bonds is 6. The Morgan fingerprint density at radius 1 is 1.40 bits per heavy atom. The van der Waals surface area contributed by atoms with E-state index >= 15 is 0 Å². The molecule has 20 heavy (non-hydrogen) atoms. The minimum atomic E-state index is -0.414. The second-order valence-corrected chi connectivity index (χ2v) is 5.13. The standard InChI is InChI=1S/C13H15BrN4O2/c1-2-15-5-6-16-13-10-7-9(14)3-4-11(10)17-8-12(13)18(19)20/h3-4,7-8,15H,2,5-6H2,1H3,(H,16,17). The zero-order valence-electron chi connectivity index (χ0n) is 11.0. The molecule has 0 radical (unpaired) electrons. The summed E-state index contributed by atoms with van der Waals surface area (Å²) in [6, 6.07) is 5.53. The van der Waals surface area contributed by atoms with Crippen molar-refractivity contribution in [1.29, 1.82) is 0 Å². The van der Waals surface area contributed by atoms with Crippen LogP contribution in [0, 0.1) is 10.1 Å². The molecule has 6 nitrogen and oxygen atoms in total. The molecule has 1 heterocycles. The maximum absolute atomic E-state index is 11.1. The van der Waals surface area contributed by atoms with Gasteiger partial charge in [-0.2, -0.15) is 0 Å². The first-order chi connectivity index (χ1) is 9.63. The third kappa shape index (κ3) is 3.23. The van der Waals surface area contributed by atoms with Crippen molar-refractivity contribution in [3.63, 3.8) is 0 Å². The predicted molar refractivity (Wildman–Crippen MR) is 83.1 cm³/mol. The summed E-state index contributed by atoms with van der Waals surface area (Å²) >= 11 is 3.38. The second kappa shape index (κ2) is 6.62. The van der Waals surface area contributed by atoms with Crippen LogP contribution in [0.1, 0.15) is 6.92 Å². The van der Waals surface area contributed by atoms with Gasteiger partial charge in [0.05, 0.1) is 10.4 Å². The molecule has 0 fully saturated rings. The smallest absolute Gasteiger partial charge is 0.311 e. The monoisotopic (exact) mass is 338 g/mol. The van der Waals surface area contributed by atoms with E-state index in [-0.39, 0.29) is 5.69 Å². The molecule has 0 aliphatic heterocycles. The summed E-state index contributed by atoms with van der Waals surface area (Å²) in [5.74, 6) is 0. The topological polar surface area (TPSA) is 80.1 Å². The van der Waals surface area contributed by atoms with Gasteiger partial charge in [0.1, 0.15) is 11.9 Å². The molecule has 0 atom stereocenters. The van der Waals surface area contributed by atoms with Gasteiger partial charge in [-0.15, -0.1) is 0 Å². The molecule has 0 unspecified atom stereocenters. The molecule has 1 aromatic carbocycles. The molecule has 0 saturated carbocycles. The average Bonchev–Trinajstić information content (AvgIpc) is 2.43.